The minimum Gasteiger partial charge on any atom is -0.327 e. The van der Waals surface area contributed by atoms with Gasteiger partial charge in [0.05, 0.1) is 4.92 Å². The first-order chi connectivity index (χ1) is 7.66. The number of nitro benzene ring substituents is 1. The summed E-state index contributed by atoms with van der Waals surface area (Å²) in [5.74, 6) is 2.51. The molecule has 86 valence electrons. The molecule has 0 spiro atoms. The molecule has 5 heteroatoms. The number of hydrogen-bond donors (Lipinski definition) is 1. The molecule has 2 N–H and O–H groups in total. The zero-order valence-corrected chi connectivity index (χ0v) is 9.65. The predicted molar refractivity (Wildman–Crippen MR) is 65.6 cm³/mol. The first-order valence-corrected chi connectivity index (χ1v) is 6.39. The standard InChI is InChI=1S/C11H14N2O2S/c12-11-7-16-6-9(11)4-8-2-1-3-10(5-8)13(14)15/h1-3,5,9,11H,4,6-7,12H2. The van der Waals surface area contributed by atoms with Gasteiger partial charge >= 0.3 is 0 Å². The molecule has 1 saturated heterocycles. The van der Waals surface area contributed by atoms with Crippen LogP contribution in [-0.4, -0.2) is 22.5 Å². The van der Waals surface area contributed by atoms with Crippen molar-refractivity contribution in [3.05, 3.63) is 39.9 Å². The number of hydrogen-bond acceptors (Lipinski definition) is 4. The molecule has 0 bridgehead atoms. The van der Waals surface area contributed by atoms with E-state index in [1.165, 1.54) is 6.07 Å². The van der Waals surface area contributed by atoms with E-state index in [-0.39, 0.29) is 16.7 Å². The van der Waals surface area contributed by atoms with Gasteiger partial charge in [0.25, 0.3) is 5.69 Å². The van der Waals surface area contributed by atoms with E-state index in [0.717, 1.165) is 23.5 Å². The summed E-state index contributed by atoms with van der Waals surface area (Å²) < 4.78 is 0. The van der Waals surface area contributed by atoms with Crippen LogP contribution in [0, 0.1) is 16.0 Å². The van der Waals surface area contributed by atoms with Crippen molar-refractivity contribution in [3.8, 4) is 0 Å². The van der Waals surface area contributed by atoms with Crippen LogP contribution in [0.1, 0.15) is 5.56 Å². The first kappa shape index (κ1) is 11.4. The molecule has 4 nitrogen and oxygen atoms in total. The van der Waals surface area contributed by atoms with Crippen LogP contribution in [0.2, 0.25) is 0 Å². The minimum absolute atomic E-state index is 0.164. The number of nitro groups is 1. The molecule has 2 unspecified atom stereocenters. The van der Waals surface area contributed by atoms with Crippen LogP contribution in [0.15, 0.2) is 24.3 Å². The molecule has 2 atom stereocenters. The number of nitrogens with zero attached hydrogens (tertiary/aromatic N) is 1. The van der Waals surface area contributed by atoms with Gasteiger partial charge in [0, 0.05) is 23.9 Å². The average molecular weight is 238 g/mol. The summed E-state index contributed by atoms with van der Waals surface area (Å²) in [6.07, 6.45) is 0.843. The molecule has 1 aliphatic heterocycles. The SMILES string of the molecule is NC1CSCC1Cc1cccc([N+](=O)[O-])c1. The summed E-state index contributed by atoms with van der Waals surface area (Å²) >= 11 is 1.86. The van der Waals surface area contributed by atoms with E-state index in [2.05, 4.69) is 0 Å². The normalized spacial score (nSPS) is 24.6. The second-order valence-electron chi connectivity index (χ2n) is 4.09. The lowest BCUT2D eigenvalue weighted by atomic mass is 9.95. The topological polar surface area (TPSA) is 69.2 Å². The Hall–Kier alpha value is -1.07. The van der Waals surface area contributed by atoms with Gasteiger partial charge in [-0.3, -0.25) is 10.1 Å². The largest absolute Gasteiger partial charge is 0.327 e. The fourth-order valence-electron chi connectivity index (χ4n) is 1.93. The molecule has 1 fully saturated rings. The number of thioether (sulfide) groups is 1. The Morgan fingerprint density at radius 1 is 1.50 bits per heavy atom. The van der Waals surface area contributed by atoms with Crippen molar-refractivity contribution in [1.82, 2.24) is 0 Å². The van der Waals surface area contributed by atoms with Crippen LogP contribution in [0.5, 0.6) is 0 Å². The minimum atomic E-state index is -0.354. The van der Waals surface area contributed by atoms with E-state index in [1.54, 1.807) is 12.1 Å². The van der Waals surface area contributed by atoms with Crippen molar-refractivity contribution in [3.63, 3.8) is 0 Å². The van der Waals surface area contributed by atoms with Gasteiger partial charge in [-0.05, 0) is 23.7 Å². The molecule has 1 heterocycles. The highest BCUT2D eigenvalue weighted by molar-refractivity contribution is 7.99. The molecule has 0 saturated carbocycles. The number of benzene rings is 1. The third-order valence-corrected chi connectivity index (χ3v) is 4.15. The van der Waals surface area contributed by atoms with Crippen LogP contribution in [-0.2, 0) is 6.42 Å². The van der Waals surface area contributed by atoms with Crippen molar-refractivity contribution in [2.45, 2.75) is 12.5 Å². The molecule has 1 aliphatic rings. The van der Waals surface area contributed by atoms with Gasteiger partial charge in [-0.15, -0.1) is 0 Å². The van der Waals surface area contributed by atoms with Crippen molar-refractivity contribution in [2.75, 3.05) is 11.5 Å². The monoisotopic (exact) mass is 238 g/mol. The van der Waals surface area contributed by atoms with Crippen molar-refractivity contribution in [2.24, 2.45) is 11.7 Å². The van der Waals surface area contributed by atoms with Gasteiger partial charge in [-0.1, -0.05) is 12.1 Å². The zero-order chi connectivity index (χ0) is 11.5. The van der Waals surface area contributed by atoms with E-state index in [9.17, 15) is 10.1 Å². The van der Waals surface area contributed by atoms with Crippen molar-refractivity contribution < 1.29 is 4.92 Å². The fraction of sp³-hybridized carbons (Fsp3) is 0.455. The summed E-state index contributed by atoms with van der Waals surface area (Å²) in [5.41, 5.74) is 7.14. The maximum Gasteiger partial charge on any atom is 0.269 e. The maximum absolute atomic E-state index is 10.6. The highest BCUT2D eigenvalue weighted by atomic mass is 32.2. The molecule has 2 rings (SSSR count). The summed E-state index contributed by atoms with van der Waals surface area (Å²) in [7, 11) is 0. The van der Waals surface area contributed by atoms with Crippen LogP contribution in [0.25, 0.3) is 0 Å². The van der Waals surface area contributed by atoms with E-state index in [1.807, 2.05) is 17.8 Å². The number of non-ortho nitro benzene ring substituents is 1. The van der Waals surface area contributed by atoms with Crippen molar-refractivity contribution >= 4 is 17.4 Å². The second-order valence-corrected chi connectivity index (χ2v) is 5.17. The first-order valence-electron chi connectivity index (χ1n) is 5.23. The molecular formula is C11H14N2O2S. The lowest BCUT2D eigenvalue weighted by molar-refractivity contribution is -0.384. The summed E-state index contributed by atoms with van der Waals surface area (Å²) in [6, 6.07) is 7.07. The predicted octanol–water partition coefficient (Wildman–Crippen LogP) is 1.83. The Morgan fingerprint density at radius 2 is 2.31 bits per heavy atom. The van der Waals surface area contributed by atoms with Crippen LogP contribution in [0.3, 0.4) is 0 Å². The number of nitrogens with two attached hydrogens (primary N) is 1. The summed E-state index contributed by atoms with van der Waals surface area (Å²) in [6.45, 7) is 0. The number of rotatable bonds is 3. The van der Waals surface area contributed by atoms with Gasteiger partial charge in [0.2, 0.25) is 0 Å². The fourth-order valence-corrected chi connectivity index (χ4v) is 3.27. The van der Waals surface area contributed by atoms with Gasteiger partial charge < -0.3 is 5.73 Å². The highest BCUT2D eigenvalue weighted by Crippen LogP contribution is 2.26. The molecule has 1 aromatic carbocycles. The van der Waals surface area contributed by atoms with Gasteiger partial charge in [0.1, 0.15) is 0 Å². The summed E-state index contributed by atoms with van der Waals surface area (Å²) in [5, 5.41) is 10.6. The highest BCUT2D eigenvalue weighted by Gasteiger charge is 2.24. The molecule has 0 radical (unpaired) electrons. The Kier molecular flexibility index (Phi) is 3.46. The molecule has 0 aromatic heterocycles. The van der Waals surface area contributed by atoms with Crippen LogP contribution in [0.4, 0.5) is 5.69 Å². The zero-order valence-electron chi connectivity index (χ0n) is 8.83. The van der Waals surface area contributed by atoms with E-state index >= 15 is 0 Å². The molecule has 16 heavy (non-hydrogen) atoms. The Labute approximate surface area is 98.4 Å². The van der Waals surface area contributed by atoms with E-state index in [4.69, 9.17) is 5.73 Å². The Morgan fingerprint density at radius 3 is 2.94 bits per heavy atom. The van der Waals surface area contributed by atoms with E-state index < -0.39 is 0 Å². The van der Waals surface area contributed by atoms with Crippen LogP contribution < -0.4 is 5.73 Å². The van der Waals surface area contributed by atoms with E-state index in [0.29, 0.717) is 5.92 Å². The third-order valence-electron chi connectivity index (χ3n) is 2.87. The van der Waals surface area contributed by atoms with Crippen molar-refractivity contribution in [1.29, 1.82) is 0 Å². The van der Waals surface area contributed by atoms with Gasteiger partial charge in [-0.25, -0.2) is 0 Å². The molecule has 0 aliphatic carbocycles. The molecular weight excluding hydrogens is 224 g/mol. The average Bonchev–Trinajstić information content (AvgIpc) is 2.65. The maximum atomic E-state index is 10.6. The lowest BCUT2D eigenvalue weighted by Gasteiger charge is -2.13. The smallest absolute Gasteiger partial charge is 0.269 e. The molecule has 1 aromatic rings. The quantitative estimate of drug-likeness (QED) is 0.644. The van der Waals surface area contributed by atoms with Crippen LogP contribution >= 0.6 is 11.8 Å². The second kappa shape index (κ2) is 4.84. The van der Waals surface area contributed by atoms with Gasteiger partial charge in [0.15, 0.2) is 0 Å². The Balaban J connectivity index is 2.09. The van der Waals surface area contributed by atoms with Gasteiger partial charge in [-0.2, -0.15) is 11.8 Å². The molecule has 0 amide bonds. The Bertz CT molecular complexity index is 397. The third kappa shape index (κ3) is 2.54. The lowest BCUT2D eigenvalue weighted by Crippen LogP contribution is -2.29. The summed E-state index contributed by atoms with van der Waals surface area (Å²) in [4.78, 5) is 10.3.